The number of carbonyl (C=O) groups is 1. The van der Waals surface area contributed by atoms with E-state index in [1.807, 2.05) is 14.0 Å². The highest BCUT2D eigenvalue weighted by atomic mass is 16.1. The van der Waals surface area contributed by atoms with Crippen LogP contribution in [0, 0.1) is 5.92 Å². The summed E-state index contributed by atoms with van der Waals surface area (Å²) in [5.74, 6) is 0.615. The van der Waals surface area contributed by atoms with Crippen LogP contribution in [0.25, 0.3) is 0 Å². The van der Waals surface area contributed by atoms with Gasteiger partial charge >= 0.3 is 0 Å². The van der Waals surface area contributed by atoms with Crippen LogP contribution in [0.1, 0.15) is 36.3 Å². The van der Waals surface area contributed by atoms with E-state index in [1.54, 1.807) is 10.9 Å². The number of piperidine rings is 1. The summed E-state index contributed by atoms with van der Waals surface area (Å²) in [7, 11) is 1.85. The number of hydrogen-bond donors (Lipinski definition) is 2. The minimum absolute atomic E-state index is 0.000787. The van der Waals surface area contributed by atoms with Gasteiger partial charge in [-0.15, -0.1) is 0 Å². The second kappa shape index (κ2) is 5.52. The van der Waals surface area contributed by atoms with E-state index >= 15 is 0 Å². The molecule has 2 N–H and O–H groups in total. The van der Waals surface area contributed by atoms with Gasteiger partial charge in [-0.25, -0.2) is 0 Å². The zero-order valence-electron chi connectivity index (χ0n) is 11.4. The van der Waals surface area contributed by atoms with E-state index in [-0.39, 0.29) is 11.9 Å². The summed E-state index contributed by atoms with van der Waals surface area (Å²) < 4.78 is 1.70. The van der Waals surface area contributed by atoms with Crippen molar-refractivity contribution in [2.45, 2.75) is 32.7 Å². The lowest BCUT2D eigenvalue weighted by Gasteiger charge is -2.28. The first-order valence-electron chi connectivity index (χ1n) is 6.64. The van der Waals surface area contributed by atoms with E-state index in [4.69, 9.17) is 0 Å². The highest BCUT2D eigenvalue weighted by Crippen LogP contribution is 2.12. The predicted molar refractivity (Wildman–Crippen MR) is 70.5 cm³/mol. The number of hydrogen-bond acceptors (Lipinski definition) is 3. The molecule has 0 spiro atoms. The molecule has 1 amide bonds. The molecule has 18 heavy (non-hydrogen) atoms. The topological polar surface area (TPSA) is 59.0 Å². The van der Waals surface area contributed by atoms with Gasteiger partial charge in [0.05, 0.1) is 11.3 Å². The molecule has 1 aliphatic heterocycles. The summed E-state index contributed by atoms with van der Waals surface area (Å²) in [4.78, 5) is 12.2. The first-order chi connectivity index (χ1) is 8.60. The Hall–Kier alpha value is -1.36. The summed E-state index contributed by atoms with van der Waals surface area (Å²) >= 11 is 0. The Labute approximate surface area is 108 Å². The lowest BCUT2D eigenvalue weighted by atomic mass is 9.97. The molecule has 2 rings (SSSR count). The Morgan fingerprint density at radius 2 is 2.39 bits per heavy atom. The number of carbonyl (C=O) groups excluding carboxylic acids is 1. The highest BCUT2D eigenvalue weighted by molar-refractivity contribution is 5.95. The van der Waals surface area contributed by atoms with E-state index in [2.05, 4.69) is 22.7 Å². The maximum absolute atomic E-state index is 12.2. The third kappa shape index (κ3) is 2.90. The van der Waals surface area contributed by atoms with E-state index in [0.717, 1.165) is 31.6 Å². The minimum atomic E-state index is 0.000787. The number of aromatic nitrogens is 2. The summed E-state index contributed by atoms with van der Waals surface area (Å²) in [6, 6.07) is 0.228. The van der Waals surface area contributed by atoms with Crippen LogP contribution >= 0.6 is 0 Å². The summed E-state index contributed by atoms with van der Waals surface area (Å²) in [6.07, 6.45) is 3.62. The Morgan fingerprint density at radius 1 is 1.61 bits per heavy atom. The number of aryl methyl sites for hydroxylation is 2. The number of amides is 1. The second-order valence-electron chi connectivity index (χ2n) is 5.19. The SMILES string of the molecule is CCc1nn(C)cc1C(=O)NC1CNCC(C)C1. The maximum Gasteiger partial charge on any atom is 0.255 e. The Bertz CT molecular complexity index is 427. The summed E-state index contributed by atoms with van der Waals surface area (Å²) in [5, 5.41) is 10.7. The van der Waals surface area contributed by atoms with Crippen molar-refractivity contribution in [1.82, 2.24) is 20.4 Å². The van der Waals surface area contributed by atoms with Crippen LogP contribution in [-0.4, -0.2) is 34.8 Å². The molecule has 5 heteroatoms. The molecule has 0 bridgehead atoms. The van der Waals surface area contributed by atoms with Crippen molar-refractivity contribution < 1.29 is 4.79 Å². The van der Waals surface area contributed by atoms with Crippen LogP contribution < -0.4 is 10.6 Å². The van der Waals surface area contributed by atoms with Crippen molar-refractivity contribution >= 4 is 5.91 Å². The molecule has 0 aliphatic carbocycles. The first kappa shape index (κ1) is 13.1. The molecule has 1 saturated heterocycles. The van der Waals surface area contributed by atoms with E-state index in [9.17, 15) is 4.79 Å². The van der Waals surface area contributed by atoms with Crippen molar-refractivity contribution in [3.63, 3.8) is 0 Å². The molecule has 2 atom stereocenters. The number of rotatable bonds is 3. The monoisotopic (exact) mass is 250 g/mol. The average Bonchev–Trinajstić information content (AvgIpc) is 2.70. The van der Waals surface area contributed by atoms with Gasteiger partial charge in [0.25, 0.3) is 5.91 Å². The normalized spacial score (nSPS) is 23.9. The quantitative estimate of drug-likeness (QED) is 0.830. The fourth-order valence-corrected chi connectivity index (χ4v) is 2.51. The van der Waals surface area contributed by atoms with E-state index in [0.29, 0.717) is 11.5 Å². The lowest BCUT2D eigenvalue weighted by Crippen LogP contribution is -2.48. The molecule has 0 aromatic carbocycles. The molecule has 2 heterocycles. The van der Waals surface area contributed by atoms with Gasteiger partial charge in [-0.1, -0.05) is 13.8 Å². The molecule has 100 valence electrons. The number of nitrogens with one attached hydrogen (secondary N) is 2. The molecule has 1 fully saturated rings. The minimum Gasteiger partial charge on any atom is -0.348 e. The molecular formula is C13H22N4O. The van der Waals surface area contributed by atoms with Crippen LogP contribution in [0.4, 0.5) is 0 Å². The predicted octanol–water partition coefficient (Wildman–Crippen LogP) is 0.710. The van der Waals surface area contributed by atoms with Gasteiger partial charge in [0, 0.05) is 25.8 Å². The highest BCUT2D eigenvalue weighted by Gasteiger charge is 2.22. The number of nitrogens with zero attached hydrogens (tertiary/aromatic N) is 2. The van der Waals surface area contributed by atoms with Crippen molar-refractivity contribution in [2.75, 3.05) is 13.1 Å². The molecular weight excluding hydrogens is 228 g/mol. The largest absolute Gasteiger partial charge is 0.348 e. The van der Waals surface area contributed by atoms with Gasteiger partial charge in [-0.2, -0.15) is 5.10 Å². The van der Waals surface area contributed by atoms with Crippen molar-refractivity contribution in [2.24, 2.45) is 13.0 Å². The third-order valence-corrected chi connectivity index (χ3v) is 3.39. The van der Waals surface area contributed by atoms with Gasteiger partial charge in [0.15, 0.2) is 0 Å². The first-order valence-corrected chi connectivity index (χ1v) is 6.64. The van der Waals surface area contributed by atoms with Crippen molar-refractivity contribution in [1.29, 1.82) is 0 Å². The Kier molecular flexibility index (Phi) is 4.01. The Balaban J connectivity index is 2.02. The van der Waals surface area contributed by atoms with Gasteiger partial charge < -0.3 is 10.6 Å². The van der Waals surface area contributed by atoms with Gasteiger partial charge in [-0.3, -0.25) is 9.48 Å². The van der Waals surface area contributed by atoms with Crippen LogP contribution in [-0.2, 0) is 13.5 Å². The molecule has 5 nitrogen and oxygen atoms in total. The summed E-state index contributed by atoms with van der Waals surface area (Å²) in [5.41, 5.74) is 1.57. The smallest absolute Gasteiger partial charge is 0.255 e. The molecule has 1 aliphatic rings. The molecule has 1 aromatic rings. The average molecular weight is 250 g/mol. The molecule has 1 aromatic heterocycles. The van der Waals surface area contributed by atoms with E-state index < -0.39 is 0 Å². The molecule has 0 saturated carbocycles. The van der Waals surface area contributed by atoms with Crippen LogP contribution in [0.15, 0.2) is 6.20 Å². The standard InChI is InChI=1S/C13H22N4O/c1-4-12-11(8-17(3)16-12)13(18)15-10-5-9(2)6-14-7-10/h8-10,14H,4-7H2,1-3H3,(H,15,18). The van der Waals surface area contributed by atoms with Crippen molar-refractivity contribution in [3.8, 4) is 0 Å². The summed E-state index contributed by atoms with van der Waals surface area (Å²) in [6.45, 7) is 6.12. The van der Waals surface area contributed by atoms with Gasteiger partial charge in [-0.05, 0) is 25.3 Å². The van der Waals surface area contributed by atoms with Crippen molar-refractivity contribution in [3.05, 3.63) is 17.5 Å². The second-order valence-corrected chi connectivity index (χ2v) is 5.19. The molecule has 0 radical (unpaired) electrons. The third-order valence-electron chi connectivity index (χ3n) is 3.39. The fourth-order valence-electron chi connectivity index (χ4n) is 2.51. The van der Waals surface area contributed by atoms with Gasteiger partial charge in [0.1, 0.15) is 0 Å². The lowest BCUT2D eigenvalue weighted by molar-refractivity contribution is 0.0924. The maximum atomic E-state index is 12.2. The van der Waals surface area contributed by atoms with Crippen LogP contribution in [0.5, 0.6) is 0 Å². The zero-order chi connectivity index (χ0) is 13.1. The van der Waals surface area contributed by atoms with Crippen LogP contribution in [0.3, 0.4) is 0 Å². The van der Waals surface area contributed by atoms with Crippen LogP contribution in [0.2, 0.25) is 0 Å². The van der Waals surface area contributed by atoms with E-state index in [1.165, 1.54) is 0 Å². The molecule has 2 unspecified atom stereocenters. The zero-order valence-corrected chi connectivity index (χ0v) is 11.4. The van der Waals surface area contributed by atoms with Gasteiger partial charge in [0.2, 0.25) is 0 Å². The fraction of sp³-hybridized carbons (Fsp3) is 0.692. The Morgan fingerprint density at radius 3 is 3.06 bits per heavy atom.